The Morgan fingerprint density at radius 2 is 0.889 bits per heavy atom. The molecule has 0 aliphatic rings. The Morgan fingerprint density at radius 3 is 1.39 bits per heavy atom. The highest BCUT2D eigenvalue weighted by Crippen LogP contribution is 2.35. The van der Waals surface area contributed by atoms with E-state index in [4.69, 9.17) is 48.8 Å². The zero-order valence-corrected chi connectivity index (χ0v) is 40.5. The van der Waals surface area contributed by atoms with Crippen molar-refractivity contribution in [3.8, 4) is 104 Å². The van der Waals surface area contributed by atoms with Crippen molar-refractivity contribution in [3.05, 3.63) is 201 Å². The van der Waals surface area contributed by atoms with Gasteiger partial charge in [0.05, 0.1) is 25.0 Å². The molecule has 0 saturated heterocycles. The molecule has 350 valence electrons. The van der Waals surface area contributed by atoms with E-state index in [2.05, 4.69) is 23.2 Å². The Kier molecular flexibility index (Phi) is 14.7. The maximum Gasteiger partial charge on any atom is 0.340 e. The van der Waals surface area contributed by atoms with Crippen molar-refractivity contribution < 1.29 is 14.2 Å². The Bertz CT molecular complexity index is 3520. The normalized spacial score (nSPS) is 10.6. The van der Waals surface area contributed by atoms with Crippen LogP contribution in [0.3, 0.4) is 0 Å². The molecule has 3 aromatic heterocycles. The summed E-state index contributed by atoms with van der Waals surface area (Å²) in [5, 5.41) is 10.1. The van der Waals surface area contributed by atoms with Crippen molar-refractivity contribution in [3.63, 3.8) is 0 Å². The molecule has 0 spiro atoms. The number of aryl methyl sites for hydroxylation is 1. The van der Waals surface area contributed by atoms with Gasteiger partial charge in [-0.2, -0.15) is 20.2 Å². The van der Waals surface area contributed by atoms with Gasteiger partial charge in [-0.25, -0.2) is 15.0 Å². The molecule has 0 N–H and O–H groups in total. The molecule has 9 aromatic rings. The van der Waals surface area contributed by atoms with Gasteiger partial charge in [-0.05, 0) is 51.6 Å². The second-order valence-electron chi connectivity index (χ2n) is 16.7. The molecule has 0 saturated carbocycles. The van der Waals surface area contributed by atoms with Gasteiger partial charge in [0.1, 0.15) is 23.0 Å². The van der Waals surface area contributed by atoms with Crippen LogP contribution in [0.5, 0.6) is 17.6 Å². The third-order valence-electron chi connectivity index (χ3n) is 11.2. The molecular weight excluding hydrogens is 895 g/mol. The van der Waals surface area contributed by atoms with Gasteiger partial charge in [-0.1, -0.05) is 150 Å². The van der Waals surface area contributed by atoms with Crippen LogP contribution < -0.4 is 14.2 Å². The van der Waals surface area contributed by atoms with E-state index < -0.39 is 0 Å². The van der Waals surface area contributed by atoms with E-state index in [1.54, 1.807) is 0 Å². The lowest BCUT2D eigenvalue weighted by Gasteiger charge is -2.13. The van der Waals surface area contributed by atoms with Crippen LogP contribution in [-0.4, -0.2) is 49.2 Å². The summed E-state index contributed by atoms with van der Waals surface area (Å²) in [4.78, 5) is 38.9. The Hall–Kier alpha value is -9.57. The minimum absolute atomic E-state index is 0.205. The smallest absolute Gasteiger partial charge is 0.340 e. The number of hydrogen-bond donors (Lipinski definition) is 0. The summed E-state index contributed by atoms with van der Waals surface area (Å²) in [5.74, 6) is 2.45. The standard InChI is InChI=1S/C60H49N9O3/c1-6-70-58-49(35-61)52(44-27-23-40(5)24-28-44)64-56(67-58)46-29-25-41(26-30-46)36-62-37-50-53(42-17-11-8-12-18-42)65-57(69-60(50)72-39(3)4)47-31-33-48(34-32-47)63-38-51-54(43-19-13-9-14-20-43)66-55(68-59(51)71-7-2)45-21-15-10-16-22-45/h8-34,39H,6-7,36H2,1-5H3/q+2. The van der Waals surface area contributed by atoms with Crippen LogP contribution in [0.25, 0.3) is 77.6 Å². The SMILES string of the molecule is CCOc1nc(-c2ccccc2)nc(-c2ccccc2)c1C#[N+]c1ccc(-c2nc(OC(C)C)c(C#[N+]Cc3ccc(-c4nc(OCC)c(C#N)c(-c5ccc(C)cc5)n4)cc3)c(-c3ccccc3)n2)cc1. The summed E-state index contributed by atoms with van der Waals surface area (Å²) < 4.78 is 18.3. The van der Waals surface area contributed by atoms with Crippen LogP contribution in [-0.2, 0) is 6.54 Å². The van der Waals surface area contributed by atoms with Crippen molar-refractivity contribution in [1.82, 2.24) is 29.9 Å². The number of rotatable bonds is 13. The molecule has 72 heavy (non-hydrogen) atoms. The van der Waals surface area contributed by atoms with E-state index in [0.29, 0.717) is 88.5 Å². The summed E-state index contributed by atoms with van der Waals surface area (Å²) in [5.41, 5.74) is 10.8. The molecule has 0 radical (unpaired) electrons. The van der Waals surface area contributed by atoms with E-state index in [-0.39, 0.29) is 12.0 Å². The Morgan fingerprint density at radius 1 is 0.472 bits per heavy atom. The van der Waals surface area contributed by atoms with Gasteiger partial charge >= 0.3 is 17.8 Å². The molecular formula is C60H49N9O3+2. The van der Waals surface area contributed by atoms with Crippen molar-refractivity contribution in [2.45, 2.75) is 47.3 Å². The van der Waals surface area contributed by atoms with Gasteiger partial charge in [0.25, 0.3) is 6.54 Å². The van der Waals surface area contributed by atoms with E-state index >= 15 is 0 Å². The monoisotopic (exact) mass is 943 g/mol. The van der Waals surface area contributed by atoms with Gasteiger partial charge in [0, 0.05) is 51.1 Å². The number of nitriles is 1. The van der Waals surface area contributed by atoms with Crippen molar-refractivity contribution in [1.29, 1.82) is 5.26 Å². The Balaban J connectivity index is 1.02. The third kappa shape index (κ3) is 11.0. The number of nitrogens with zero attached hydrogens (tertiary/aromatic N) is 9. The van der Waals surface area contributed by atoms with E-state index in [1.807, 2.05) is 198 Å². The fourth-order valence-electron chi connectivity index (χ4n) is 7.69. The quantitative estimate of drug-likeness (QED) is 0.110. The van der Waals surface area contributed by atoms with Gasteiger partial charge in [-0.3, -0.25) is 0 Å². The highest BCUT2D eigenvalue weighted by Gasteiger charge is 2.25. The maximum absolute atomic E-state index is 10.1. The number of benzene rings is 6. The second-order valence-corrected chi connectivity index (χ2v) is 16.7. The van der Waals surface area contributed by atoms with Crippen LogP contribution >= 0.6 is 0 Å². The first-order chi connectivity index (χ1) is 35.3. The molecule has 0 aliphatic carbocycles. The summed E-state index contributed by atoms with van der Waals surface area (Å²) in [6.45, 7) is 10.8. The second kappa shape index (κ2) is 22.2. The van der Waals surface area contributed by atoms with Crippen LogP contribution in [0.15, 0.2) is 164 Å². The predicted octanol–water partition coefficient (Wildman–Crippen LogP) is 13.7. The van der Waals surface area contributed by atoms with Gasteiger partial charge < -0.3 is 14.2 Å². The summed E-state index contributed by atoms with van der Waals surface area (Å²) in [7, 11) is 0. The average Bonchev–Trinajstić information content (AvgIpc) is 3.41. The fourth-order valence-corrected chi connectivity index (χ4v) is 7.69. The summed E-state index contributed by atoms with van der Waals surface area (Å²) in [6, 6.07) is 61.7. The van der Waals surface area contributed by atoms with Gasteiger partial charge in [-0.15, -0.1) is 0 Å². The molecule has 0 bridgehead atoms. The highest BCUT2D eigenvalue weighted by molar-refractivity contribution is 5.76. The fraction of sp³-hybridized carbons (Fsp3) is 0.150. The lowest BCUT2D eigenvalue weighted by Crippen LogP contribution is -2.10. The third-order valence-corrected chi connectivity index (χ3v) is 11.2. The predicted molar refractivity (Wildman–Crippen MR) is 282 cm³/mol. The molecule has 0 unspecified atom stereocenters. The summed E-state index contributed by atoms with van der Waals surface area (Å²) in [6.07, 6.45) is -0.205. The molecule has 9 rings (SSSR count). The lowest BCUT2D eigenvalue weighted by atomic mass is 10.0. The topological polar surface area (TPSA) is 138 Å². The molecule has 12 heteroatoms. The number of aromatic nitrogens is 6. The van der Waals surface area contributed by atoms with Crippen molar-refractivity contribution >= 4 is 5.69 Å². The van der Waals surface area contributed by atoms with Gasteiger partial charge in [0.15, 0.2) is 28.6 Å². The minimum atomic E-state index is -0.205. The van der Waals surface area contributed by atoms with E-state index in [0.717, 1.165) is 44.5 Å². The van der Waals surface area contributed by atoms with Crippen LogP contribution in [0.2, 0.25) is 0 Å². The van der Waals surface area contributed by atoms with Crippen LogP contribution in [0.1, 0.15) is 55.5 Å². The number of hydrogen-bond acceptors (Lipinski definition) is 10. The Labute approximate surface area is 419 Å². The first kappa shape index (κ1) is 47.5. The minimum Gasteiger partial charge on any atom is -0.477 e. The lowest BCUT2D eigenvalue weighted by molar-refractivity contribution is 0.232. The molecule has 0 aliphatic heterocycles. The van der Waals surface area contributed by atoms with Gasteiger partial charge in [0.2, 0.25) is 17.6 Å². The van der Waals surface area contributed by atoms with E-state index in [1.165, 1.54) is 0 Å². The van der Waals surface area contributed by atoms with Crippen LogP contribution in [0, 0.1) is 30.4 Å². The first-order valence-corrected chi connectivity index (χ1v) is 23.7. The molecule has 0 fully saturated rings. The summed E-state index contributed by atoms with van der Waals surface area (Å²) >= 11 is 0. The molecule has 0 amide bonds. The first-order valence-electron chi connectivity index (χ1n) is 23.7. The van der Waals surface area contributed by atoms with E-state index in [9.17, 15) is 5.26 Å². The largest absolute Gasteiger partial charge is 0.477 e. The molecule has 6 aromatic carbocycles. The van der Waals surface area contributed by atoms with Crippen molar-refractivity contribution in [2.75, 3.05) is 13.2 Å². The zero-order chi connectivity index (χ0) is 49.8. The molecule has 3 heterocycles. The average molecular weight is 944 g/mol. The van der Waals surface area contributed by atoms with Crippen molar-refractivity contribution in [2.24, 2.45) is 0 Å². The molecule has 12 nitrogen and oxygen atoms in total. The highest BCUT2D eigenvalue weighted by atomic mass is 16.5. The number of ether oxygens (including phenoxy) is 3. The van der Waals surface area contributed by atoms with Crippen LogP contribution in [0.4, 0.5) is 5.69 Å². The maximum atomic E-state index is 10.1. The zero-order valence-electron chi connectivity index (χ0n) is 40.5. The molecule has 0 atom stereocenters.